The summed E-state index contributed by atoms with van der Waals surface area (Å²) in [4.78, 5) is 0. The van der Waals surface area contributed by atoms with Gasteiger partial charge in [0, 0.05) is 4.47 Å². The molecule has 0 saturated carbocycles. The van der Waals surface area contributed by atoms with Crippen LogP contribution in [0.2, 0.25) is 0 Å². The molecule has 0 heterocycles. The van der Waals surface area contributed by atoms with Crippen molar-refractivity contribution in [2.75, 3.05) is 0 Å². The summed E-state index contributed by atoms with van der Waals surface area (Å²) >= 11 is 3.36. The van der Waals surface area contributed by atoms with Crippen LogP contribution in [0, 0.1) is 13.8 Å². The molecule has 0 aliphatic carbocycles. The molecular formula is C15H15BrN2O2. The zero-order valence-corrected chi connectivity index (χ0v) is 12.8. The summed E-state index contributed by atoms with van der Waals surface area (Å²) in [7, 11) is 0. The lowest BCUT2D eigenvalue weighted by Crippen LogP contribution is -2.14. The van der Waals surface area contributed by atoms with E-state index < -0.39 is 0 Å². The number of nitrogens with zero attached hydrogens (tertiary/aromatic N) is 1. The van der Waals surface area contributed by atoms with Gasteiger partial charge in [-0.15, -0.1) is 0 Å². The van der Waals surface area contributed by atoms with Crippen LogP contribution >= 0.6 is 15.9 Å². The van der Waals surface area contributed by atoms with E-state index in [2.05, 4.69) is 21.1 Å². The average Bonchev–Trinajstić information content (AvgIpc) is 2.42. The Morgan fingerprint density at radius 1 is 1.15 bits per heavy atom. The molecule has 4 nitrogen and oxygen atoms in total. The van der Waals surface area contributed by atoms with Crippen molar-refractivity contribution >= 4 is 21.8 Å². The van der Waals surface area contributed by atoms with E-state index in [1.807, 2.05) is 38.1 Å². The second kappa shape index (κ2) is 5.96. The fraction of sp³-hybridized carbons (Fsp3) is 0.133. The van der Waals surface area contributed by atoms with Gasteiger partial charge in [-0.25, -0.2) is 0 Å². The Labute approximate surface area is 126 Å². The third kappa shape index (κ3) is 3.11. The molecule has 2 aromatic carbocycles. The second-order valence-electron chi connectivity index (χ2n) is 4.50. The summed E-state index contributed by atoms with van der Waals surface area (Å²) in [6.45, 7) is 4.00. The number of oxime groups is 1. The maximum Gasteiger partial charge on any atom is 0.173 e. The standard InChI is InChI=1S/C15H15BrN2O2/c1-9-3-5-13(10(2)7-9)20-14-6-4-11(16)8-12(14)15(17)18-19/h3-8,19H,1-2H3,(H2,17,18). The maximum atomic E-state index is 8.85. The van der Waals surface area contributed by atoms with Crippen LogP contribution in [0.15, 0.2) is 46.0 Å². The predicted octanol–water partition coefficient (Wildman–Crippen LogP) is 3.95. The predicted molar refractivity (Wildman–Crippen MR) is 82.6 cm³/mol. The molecule has 5 heteroatoms. The molecule has 2 aromatic rings. The van der Waals surface area contributed by atoms with Gasteiger partial charge >= 0.3 is 0 Å². The van der Waals surface area contributed by atoms with Crippen LogP contribution in [-0.2, 0) is 0 Å². The summed E-state index contributed by atoms with van der Waals surface area (Å²) in [6, 6.07) is 11.3. The number of benzene rings is 2. The van der Waals surface area contributed by atoms with Crippen LogP contribution in [0.4, 0.5) is 0 Å². The Morgan fingerprint density at radius 3 is 2.50 bits per heavy atom. The van der Waals surface area contributed by atoms with Crippen molar-refractivity contribution in [1.82, 2.24) is 0 Å². The number of hydrogen-bond donors (Lipinski definition) is 2. The van der Waals surface area contributed by atoms with Crippen molar-refractivity contribution < 1.29 is 9.94 Å². The highest BCUT2D eigenvalue weighted by Crippen LogP contribution is 2.30. The highest BCUT2D eigenvalue weighted by Gasteiger charge is 2.11. The normalized spacial score (nSPS) is 11.4. The number of rotatable bonds is 3. The average molecular weight is 335 g/mol. The van der Waals surface area contributed by atoms with Crippen LogP contribution in [0.5, 0.6) is 11.5 Å². The fourth-order valence-electron chi connectivity index (χ4n) is 1.88. The van der Waals surface area contributed by atoms with E-state index in [1.54, 1.807) is 12.1 Å². The Kier molecular flexibility index (Phi) is 4.29. The van der Waals surface area contributed by atoms with Gasteiger partial charge in [0.2, 0.25) is 0 Å². The van der Waals surface area contributed by atoms with Crippen LogP contribution in [0.3, 0.4) is 0 Å². The Hall–Kier alpha value is -2.01. The number of halogens is 1. The number of nitrogens with two attached hydrogens (primary N) is 1. The first-order chi connectivity index (χ1) is 9.51. The van der Waals surface area contributed by atoms with E-state index in [9.17, 15) is 0 Å². The Bertz CT molecular complexity index is 669. The molecule has 0 radical (unpaired) electrons. The Morgan fingerprint density at radius 2 is 1.85 bits per heavy atom. The van der Waals surface area contributed by atoms with Gasteiger partial charge in [-0.1, -0.05) is 38.8 Å². The van der Waals surface area contributed by atoms with Gasteiger partial charge in [-0.2, -0.15) is 0 Å². The smallest absolute Gasteiger partial charge is 0.173 e. The van der Waals surface area contributed by atoms with Gasteiger partial charge in [-0.05, 0) is 43.7 Å². The second-order valence-corrected chi connectivity index (χ2v) is 5.41. The molecule has 0 amide bonds. The highest BCUT2D eigenvalue weighted by molar-refractivity contribution is 9.10. The lowest BCUT2D eigenvalue weighted by Gasteiger charge is -2.13. The molecule has 2 rings (SSSR count). The maximum absolute atomic E-state index is 8.85. The topological polar surface area (TPSA) is 67.8 Å². The molecule has 0 aliphatic heterocycles. The molecule has 3 N–H and O–H groups in total. The quantitative estimate of drug-likeness (QED) is 0.386. The summed E-state index contributed by atoms with van der Waals surface area (Å²) in [5.41, 5.74) is 8.40. The fourth-order valence-corrected chi connectivity index (χ4v) is 2.24. The highest BCUT2D eigenvalue weighted by atomic mass is 79.9. The van der Waals surface area contributed by atoms with Crippen LogP contribution in [-0.4, -0.2) is 11.0 Å². The molecule has 0 fully saturated rings. The van der Waals surface area contributed by atoms with E-state index in [-0.39, 0.29) is 5.84 Å². The molecule has 0 saturated heterocycles. The lowest BCUT2D eigenvalue weighted by molar-refractivity contribution is 0.318. The first-order valence-electron chi connectivity index (χ1n) is 6.04. The summed E-state index contributed by atoms with van der Waals surface area (Å²) < 4.78 is 6.71. The number of hydrogen-bond acceptors (Lipinski definition) is 3. The van der Waals surface area contributed by atoms with Crippen molar-refractivity contribution in [3.63, 3.8) is 0 Å². The number of ether oxygens (including phenoxy) is 1. The molecule has 0 atom stereocenters. The van der Waals surface area contributed by atoms with Crippen molar-refractivity contribution in [1.29, 1.82) is 0 Å². The van der Waals surface area contributed by atoms with E-state index in [0.717, 1.165) is 15.8 Å². The van der Waals surface area contributed by atoms with Crippen molar-refractivity contribution in [3.05, 3.63) is 57.6 Å². The minimum Gasteiger partial charge on any atom is -0.456 e. The van der Waals surface area contributed by atoms with Gasteiger partial charge in [0.1, 0.15) is 11.5 Å². The van der Waals surface area contributed by atoms with Crippen LogP contribution in [0.25, 0.3) is 0 Å². The molecule has 0 unspecified atom stereocenters. The van der Waals surface area contributed by atoms with Crippen molar-refractivity contribution in [3.8, 4) is 11.5 Å². The van der Waals surface area contributed by atoms with E-state index >= 15 is 0 Å². The summed E-state index contributed by atoms with van der Waals surface area (Å²) in [6.07, 6.45) is 0. The van der Waals surface area contributed by atoms with Gasteiger partial charge in [0.15, 0.2) is 5.84 Å². The monoisotopic (exact) mass is 334 g/mol. The first kappa shape index (κ1) is 14.4. The van der Waals surface area contributed by atoms with E-state index in [4.69, 9.17) is 15.7 Å². The molecule has 0 spiro atoms. The van der Waals surface area contributed by atoms with Gasteiger partial charge in [-0.3, -0.25) is 0 Å². The van der Waals surface area contributed by atoms with E-state index in [1.165, 1.54) is 5.56 Å². The number of amidine groups is 1. The molecule has 0 aliphatic rings. The minimum atomic E-state index is 0.00562. The van der Waals surface area contributed by atoms with Gasteiger partial charge in [0.05, 0.1) is 5.56 Å². The zero-order chi connectivity index (χ0) is 14.7. The molecule has 0 aromatic heterocycles. The lowest BCUT2D eigenvalue weighted by atomic mass is 10.1. The third-order valence-electron chi connectivity index (χ3n) is 2.88. The number of aryl methyl sites for hydroxylation is 2. The largest absolute Gasteiger partial charge is 0.456 e. The van der Waals surface area contributed by atoms with E-state index in [0.29, 0.717) is 11.3 Å². The van der Waals surface area contributed by atoms with Gasteiger partial charge in [0.25, 0.3) is 0 Å². The third-order valence-corrected chi connectivity index (χ3v) is 3.37. The summed E-state index contributed by atoms with van der Waals surface area (Å²) in [5.74, 6) is 1.28. The van der Waals surface area contributed by atoms with Crippen molar-refractivity contribution in [2.24, 2.45) is 10.9 Å². The van der Waals surface area contributed by atoms with Crippen LogP contribution in [0.1, 0.15) is 16.7 Å². The molecule has 0 bridgehead atoms. The SMILES string of the molecule is Cc1ccc(Oc2ccc(Br)cc2/C(N)=N/O)c(C)c1. The molecular weight excluding hydrogens is 320 g/mol. The van der Waals surface area contributed by atoms with Crippen LogP contribution < -0.4 is 10.5 Å². The minimum absolute atomic E-state index is 0.00562. The molecule has 104 valence electrons. The zero-order valence-electron chi connectivity index (χ0n) is 11.2. The van der Waals surface area contributed by atoms with Gasteiger partial charge < -0.3 is 15.7 Å². The molecule has 20 heavy (non-hydrogen) atoms. The van der Waals surface area contributed by atoms with Crippen molar-refractivity contribution in [2.45, 2.75) is 13.8 Å². The summed E-state index contributed by atoms with van der Waals surface area (Å²) in [5, 5.41) is 11.9. The Balaban J connectivity index is 2.43. The first-order valence-corrected chi connectivity index (χ1v) is 6.83.